The third-order valence-corrected chi connectivity index (χ3v) is 1.98. The molecule has 1 saturated carbocycles. The molecule has 1 heteroatoms. The minimum atomic E-state index is 0.370. The lowest BCUT2D eigenvalue weighted by molar-refractivity contribution is -0.118. The third kappa shape index (κ3) is 1.04. The topological polar surface area (TPSA) is 17.1 Å². The Kier molecular flexibility index (Phi) is 1.70. The summed E-state index contributed by atoms with van der Waals surface area (Å²) in [7, 11) is 0. The molecule has 0 amide bonds. The van der Waals surface area contributed by atoms with Crippen LogP contribution < -0.4 is 0 Å². The van der Waals surface area contributed by atoms with Crippen LogP contribution in [0.4, 0.5) is 0 Å². The third-order valence-electron chi connectivity index (χ3n) is 1.98. The van der Waals surface area contributed by atoms with Crippen LogP contribution in [0.5, 0.6) is 0 Å². The van der Waals surface area contributed by atoms with Gasteiger partial charge in [0.05, 0.1) is 0 Å². The number of hydrogen-bond acceptors (Lipinski definition) is 1. The van der Waals surface area contributed by atoms with E-state index in [2.05, 4.69) is 6.92 Å². The van der Waals surface area contributed by atoms with Crippen molar-refractivity contribution in [2.45, 2.75) is 33.1 Å². The fourth-order valence-electron chi connectivity index (χ4n) is 1.02. The van der Waals surface area contributed by atoms with Gasteiger partial charge in [-0.05, 0) is 25.3 Å². The Morgan fingerprint density at radius 1 is 1.56 bits per heavy atom. The van der Waals surface area contributed by atoms with Crippen LogP contribution in [0.15, 0.2) is 11.1 Å². The summed E-state index contributed by atoms with van der Waals surface area (Å²) < 4.78 is 0. The van der Waals surface area contributed by atoms with Crippen molar-refractivity contribution in [1.82, 2.24) is 0 Å². The van der Waals surface area contributed by atoms with Gasteiger partial charge in [0.25, 0.3) is 0 Å². The van der Waals surface area contributed by atoms with E-state index >= 15 is 0 Å². The Hall–Kier alpha value is -0.590. The van der Waals surface area contributed by atoms with E-state index in [9.17, 15) is 4.79 Å². The van der Waals surface area contributed by atoms with E-state index in [0.717, 1.165) is 24.8 Å². The second-order valence-electron chi connectivity index (χ2n) is 2.54. The maximum atomic E-state index is 10.8. The molecule has 0 aliphatic heterocycles. The predicted octanol–water partition coefficient (Wildman–Crippen LogP) is 2.08. The van der Waals surface area contributed by atoms with Crippen LogP contribution >= 0.6 is 0 Å². The first kappa shape index (κ1) is 6.53. The van der Waals surface area contributed by atoms with Crippen LogP contribution in [-0.4, -0.2) is 5.78 Å². The van der Waals surface area contributed by atoms with Crippen molar-refractivity contribution in [1.29, 1.82) is 0 Å². The van der Waals surface area contributed by atoms with Crippen molar-refractivity contribution < 1.29 is 4.79 Å². The van der Waals surface area contributed by atoms with Gasteiger partial charge in [0, 0.05) is 6.42 Å². The summed E-state index contributed by atoms with van der Waals surface area (Å²) in [6, 6.07) is 0. The van der Waals surface area contributed by atoms with Gasteiger partial charge in [-0.25, -0.2) is 0 Å². The molecule has 0 aromatic heterocycles. The average Bonchev–Trinajstić information content (AvgIpc) is 1.84. The first-order chi connectivity index (χ1) is 4.25. The molecule has 50 valence electrons. The Labute approximate surface area is 55.8 Å². The predicted molar refractivity (Wildman–Crippen MR) is 37.2 cm³/mol. The summed E-state index contributed by atoms with van der Waals surface area (Å²) in [4.78, 5) is 10.8. The van der Waals surface area contributed by atoms with Gasteiger partial charge in [-0.1, -0.05) is 12.5 Å². The lowest BCUT2D eigenvalue weighted by Gasteiger charge is -2.17. The molecule has 0 heterocycles. The Morgan fingerprint density at radius 3 is 2.33 bits per heavy atom. The molecule has 1 nitrogen and oxygen atoms in total. The monoisotopic (exact) mass is 124 g/mol. The van der Waals surface area contributed by atoms with E-state index in [0.29, 0.717) is 5.78 Å². The summed E-state index contributed by atoms with van der Waals surface area (Å²) in [6.45, 7) is 4.14. The number of rotatable bonds is 1. The average molecular weight is 124 g/mol. The van der Waals surface area contributed by atoms with Gasteiger partial charge in [-0.3, -0.25) is 4.79 Å². The van der Waals surface area contributed by atoms with E-state index in [4.69, 9.17) is 0 Å². The first-order valence-corrected chi connectivity index (χ1v) is 3.47. The zero-order chi connectivity index (χ0) is 6.85. The van der Waals surface area contributed by atoms with Crippen molar-refractivity contribution in [3.63, 3.8) is 0 Å². The molecule has 1 rings (SSSR count). The number of carbonyl (C=O) groups is 1. The molecule has 0 radical (unpaired) electrons. The van der Waals surface area contributed by atoms with E-state index in [1.165, 1.54) is 5.57 Å². The minimum Gasteiger partial charge on any atom is -0.295 e. The Bertz CT molecular complexity index is 165. The summed E-state index contributed by atoms with van der Waals surface area (Å²) in [5.74, 6) is 0.370. The van der Waals surface area contributed by atoms with Crippen molar-refractivity contribution in [2.24, 2.45) is 0 Å². The van der Waals surface area contributed by atoms with Crippen LogP contribution in [0.3, 0.4) is 0 Å². The molecule has 0 aromatic carbocycles. The quantitative estimate of drug-likeness (QED) is 0.489. The Balaban J connectivity index is 2.69. The van der Waals surface area contributed by atoms with Gasteiger partial charge < -0.3 is 0 Å². The van der Waals surface area contributed by atoms with Gasteiger partial charge in [0.1, 0.15) is 0 Å². The Morgan fingerprint density at radius 2 is 2.22 bits per heavy atom. The molecule has 9 heavy (non-hydrogen) atoms. The molecule has 0 saturated heterocycles. The summed E-state index contributed by atoms with van der Waals surface area (Å²) >= 11 is 0. The largest absolute Gasteiger partial charge is 0.295 e. The lowest BCUT2D eigenvalue weighted by atomic mass is 9.86. The standard InChI is InChI=1S/C8H12O/c1-3-6(2)7-4-5-8(7)9/h3-5H2,1-2H3/b7-6-. The van der Waals surface area contributed by atoms with Crippen LogP contribution in [0.2, 0.25) is 0 Å². The normalized spacial score (nSPS) is 23.6. The van der Waals surface area contributed by atoms with Crippen LogP contribution in [-0.2, 0) is 4.79 Å². The van der Waals surface area contributed by atoms with E-state index in [1.807, 2.05) is 6.92 Å². The number of ketones is 1. The molecule has 0 unspecified atom stereocenters. The summed E-state index contributed by atoms with van der Waals surface area (Å²) in [6.07, 6.45) is 2.84. The molecule has 0 aromatic rings. The zero-order valence-corrected chi connectivity index (χ0v) is 6.03. The molecule has 0 spiro atoms. The van der Waals surface area contributed by atoms with Gasteiger partial charge in [0.15, 0.2) is 5.78 Å². The number of hydrogen-bond donors (Lipinski definition) is 0. The van der Waals surface area contributed by atoms with Gasteiger partial charge in [-0.2, -0.15) is 0 Å². The molecule has 0 atom stereocenters. The highest BCUT2D eigenvalue weighted by molar-refractivity contribution is 6.02. The van der Waals surface area contributed by atoms with Crippen molar-refractivity contribution >= 4 is 5.78 Å². The molecule has 1 aliphatic rings. The second kappa shape index (κ2) is 2.34. The first-order valence-electron chi connectivity index (χ1n) is 3.47. The van der Waals surface area contributed by atoms with Gasteiger partial charge >= 0.3 is 0 Å². The lowest BCUT2D eigenvalue weighted by Crippen LogP contribution is -2.15. The highest BCUT2D eigenvalue weighted by Crippen LogP contribution is 2.25. The highest BCUT2D eigenvalue weighted by Gasteiger charge is 2.21. The number of allylic oxidation sites excluding steroid dienone is 2. The van der Waals surface area contributed by atoms with Gasteiger partial charge in [0.2, 0.25) is 0 Å². The zero-order valence-electron chi connectivity index (χ0n) is 6.03. The fraction of sp³-hybridized carbons (Fsp3) is 0.625. The fourth-order valence-corrected chi connectivity index (χ4v) is 1.02. The van der Waals surface area contributed by atoms with E-state index in [1.54, 1.807) is 0 Å². The second-order valence-corrected chi connectivity index (χ2v) is 2.54. The molecule has 0 N–H and O–H groups in total. The maximum Gasteiger partial charge on any atom is 0.159 e. The van der Waals surface area contributed by atoms with Crippen LogP contribution in [0.25, 0.3) is 0 Å². The number of Topliss-reactive ketones (excluding diaryl/α,β-unsaturated/α-hetero) is 1. The minimum absolute atomic E-state index is 0.370. The summed E-state index contributed by atoms with van der Waals surface area (Å²) in [5, 5.41) is 0. The van der Waals surface area contributed by atoms with Crippen molar-refractivity contribution in [3.8, 4) is 0 Å². The van der Waals surface area contributed by atoms with Crippen molar-refractivity contribution in [2.75, 3.05) is 0 Å². The van der Waals surface area contributed by atoms with E-state index < -0.39 is 0 Å². The number of carbonyl (C=O) groups excluding carboxylic acids is 1. The molecular formula is C8H12O. The molecular weight excluding hydrogens is 112 g/mol. The van der Waals surface area contributed by atoms with Crippen LogP contribution in [0.1, 0.15) is 33.1 Å². The molecule has 0 bridgehead atoms. The molecule has 1 fully saturated rings. The van der Waals surface area contributed by atoms with Crippen LogP contribution in [0, 0.1) is 0 Å². The summed E-state index contributed by atoms with van der Waals surface area (Å²) in [5.41, 5.74) is 2.38. The van der Waals surface area contributed by atoms with Gasteiger partial charge in [-0.15, -0.1) is 0 Å². The van der Waals surface area contributed by atoms with Crippen molar-refractivity contribution in [3.05, 3.63) is 11.1 Å². The smallest absolute Gasteiger partial charge is 0.159 e. The maximum absolute atomic E-state index is 10.8. The highest BCUT2D eigenvalue weighted by atomic mass is 16.1. The van der Waals surface area contributed by atoms with E-state index in [-0.39, 0.29) is 0 Å². The molecule has 1 aliphatic carbocycles. The SMILES string of the molecule is CC/C(C)=C1/CCC1=O.